The van der Waals surface area contributed by atoms with Gasteiger partial charge in [-0.1, -0.05) is 37.6 Å². The van der Waals surface area contributed by atoms with Crippen molar-refractivity contribution in [3.05, 3.63) is 24.3 Å². The summed E-state index contributed by atoms with van der Waals surface area (Å²) < 4.78 is 0. The first kappa shape index (κ1) is 14.1. The molecule has 0 aromatic rings. The molecular formula is C20H31N. The van der Waals surface area contributed by atoms with Crippen molar-refractivity contribution in [1.82, 2.24) is 0 Å². The largest absolute Gasteiger partial charge is 0.327 e. The van der Waals surface area contributed by atoms with Crippen LogP contribution in [0.25, 0.3) is 0 Å². The molecule has 0 heterocycles. The summed E-state index contributed by atoms with van der Waals surface area (Å²) in [4.78, 5) is 0. The molecule has 1 heteroatoms. The van der Waals surface area contributed by atoms with Crippen LogP contribution >= 0.6 is 0 Å². The van der Waals surface area contributed by atoms with E-state index in [0.29, 0.717) is 11.5 Å². The standard InChI is InChI=1S/C20H31N/c1-2-6-18(21)20(7-4-3-5-8-20)19-12-15-9-16(13-19)11-17(10-15)14-19/h3-5,7,15-18H,2,6,8-14,21H2,1H3. The van der Waals surface area contributed by atoms with Crippen molar-refractivity contribution in [3.63, 3.8) is 0 Å². The molecule has 5 aliphatic carbocycles. The predicted molar refractivity (Wildman–Crippen MR) is 88.8 cm³/mol. The fourth-order valence-electron chi connectivity index (χ4n) is 6.95. The lowest BCUT2D eigenvalue weighted by molar-refractivity contribution is -0.122. The zero-order chi connectivity index (χ0) is 14.5. The minimum atomic E-state index is 0.258. The Hall–Kier alpha value is -0.560. The van der Waals surface area contributed by atoms with Crippen LogP contribution in [0.5, 0.6) is 0 Å². The van der Waals surface area contributed by atoms with Gasteiger partial charge in [-0.25, -0.2) is 0 Å². The van der Waals surface area contributed by atoms with Crippen molar-refractivity contribution in [2.75, 3.05) is 0 Å². The minimum absolute atomic E-state index is 0.258. The highest BCUT2D eigenvalue weighted by atomic mass is 14.8. The maximum atomic E-state index is 6.83. The van der Waals surface area contributed by atoms with Gasteiger partial charge in [0, 0.05) is 11.5 Å². The maximum Gasteiger partial charge on any atom is 0.0139 e. The van der Waals surface area contributed by atoms with E-state index in [1.807, 2.05) is 0 Å². The van der Waals surface area contributed by atoms with Crippen molar-refractivity contribution >= 4 is 0 Å². The topological polar surface area (TPSA) is 26.0 Å². The summed E-state index contributed by atoms with van der Waals surface area (Å²) in [5.74, 6) is 3.05. The molecule has 2 unspecified atom stereocenters. The Morgan fingerprint density at radius 3 is 2.14 bits per heavy atom. The number of nitrogens with two attached hydrogens (primary N) is 1. The fourth-order valence-corrected chi connectivity index (χ4v) is 6.95. The van der Waals surface area contributed by atoms with Crippen molar-refractivity contribution in [2.45, 2.75) is 70.8 Å². The van der Waals surface area contributed by atoms with Crippen molar-refractivity contribution in [3.8, 4) is 0 Å². The van der Waals surface area contributed by atoms with Gasteiger partial charge in [0.1, 0.15) is 0 Å². The van der Waals surface area contributed by atoms with Gasteiger partial charge < -0.3 is 5.73 Å². The van der Waals surface area contributed by atoms with Crippen LogP contribution in [-0.2, 0) is 0 Å². The Labute approximate surface area is 130 Å². The molecule has 0 aliphatic heterocycles. The molecule has 0 aromatic carbocycles. The van der Waals surface area contributed by atoms with Crippen LogP contribution in [0.2, 0.25) is 0 Å². The highest BCUT2D eigenvalue weighted by Gasteiger charge is 2.60. The minimum Gasteiger partial charge on any atom is -0.327 e. The molecule has 116 valence electrons. The Morgan fingerprint density at radius 1 is 1.05 bits per heavy atom. The molecule has 0 amide bonds. The van der Waals surface area contributed by atoms with E-state index in [9.17, 15) is 0 Å². The van der Waals surface area contributed by atoms with Crippen LogP contribution in [0.1, 0.15) is 64.7 Å². The third-order valence-electron chi connectivity index (χ3n) is 7.38. The molecule has 1 nitrogen and oxygen atoms in total. The third-order valence-corrected chi connectivity index (χ3v) is 7.38. The van der Waals surface area contributed by atoms with Crippen molar-refractivity contribution in [1.29, 1.82) is 0 Å². The second kappa shape index (κ2) is 4.98. The Balaban J connectivity index is 1.73. The highest BCUT2D eigenvalue weighted by molar-refractivity contribution is 5.26. The molecule has 4 fully saturated rings. The lowest BCUT2D eigenvalue weighted by Crippen LogP contribution is -2.60. The molecule has 4 saturated carbocycles. The van der Waals surface area contributed by atoms with Crippen LogP contribution in [0.3, 0.4) is 0 Å². The van der Waals surface area contributed by atoms with E-state index in [4.69, 9.17) is 5.73 Å². The van der Waals surface area contributed by atoms with Gasteiger partial charge in [-0.05, 0) is 74.5 Å². The molecule has 0 spiro atoms. The summed E-state index contributed by atoms with van der Waals surface area (Å²) in [7, 11) is 0. The van der Waals surface area contributed by atoms with Crippen LogP contribution in [0, 0.1) is 28.6 Å². The summed E-state index contributed by atoms with van der Waals surface area (Å²) in [6.45, 7) is 2.29. The second-order valence-electron chi connectivity index (χ2n) is 8.62. The lowest BCUT2D eigenvalue weighted by atomic mass is 9.40. The number of rotatable bonds is 4. The maximum absolute atomic E-state index is 6.83. The lowest BCUT2D eigenvalue weighted by Gasteiger charge is -2.65. The summed E-state index contributed by atoms with van der Waals surface area (Å²) in [6.07, 6.45) is 22.0. The highest BCUT2D eigenvalue weighted by Crippen LogP contribution is 2.68. The number of hydrogen-bond donors (Lipinski definition) is 1. The molecule has 21 heavy (non-hydrogen) atoms. The third kappa shape index (κ3) is 2.00. The van der Waals surface area contributed by atoms with E-state index in [-0.39, 0.29) is 5.41 Å². The average molecular weight is 285 g/mol. The van der Waals surface area contributed by atoms with E-state index in [2.05, 4.69) is 31.2 Å². The first-order chi connectivity index (χ1) is 10.2. The summed E-state index contributed by atoms with van der Waals surface area (Å²) in [5, 5.41) is 0. The predicted octanol–water partition coefficient (Wildman–Crippen LogP) is 4.83. The number of hydrogen-bond acceptors (Lipinski definition) is 1. The zero-order valence-corrected chi connectivity index (χ0v) is 13.6. The molecule has 5 aliphatic rings. The van der Waals surface area contributed by atoms with Gasteiger partial charge in [0.2, 0.25) is 0 Å². The molecule has 0 aromatic heterocycles. The SMILES string of the molecule is CCCC(N)C1(C23CC4CC(CC(C4)C2)C3)C=CC=CC1. The van der Waals surface area contributed by atoms with Gasteiger partial charge in [-0.15, -0.1) is 0 Å². The first-order valence-corrected chi connectivity index (χ1v) is 9.27. The molecule has 5 rings (SSSR count). The smallest absolute Gasteiger partial charge is 0.0139 e. The summed E-state index contributed by atoms with van der Waals surface area (Å²) >= 11 is 0. The van der Waals surface area contributed by atoms with E-state index in [0.717, 1.165) is 17.8 Å². The van der Waals surface area contributed by atoms with Gasteiger partial charge in [-0.2, -0.15) is 0 Å². The molecular weight excluding hydrogens is 254 g/mol. The van der Waals surface area contributed by atoms with Gasteiger partial charge in [0.15, 0.2) is 0 Å². The van der Waals surface area contributed by atoms with Crippen LogP contribution in [0.15, 0.2) is 24.3 Å². The second-order valence-corrected chi connectivity index (χ2v) is 8.62. The molecule has 0 saturated heterocycles. The van der Waals surface area contributed by atoms with E-state index >= 15 is 0 Å². The molecule has 2 atom stereocenters. The van der Waals surface area contributed by atoms with E-state index in [1.165, 1.54) is 57.8 Å². The Kier molecular flexibility index (Phi) is 3.33. The summed E-state index contributed by atoms with van der Waals surface area (Å²) in [6, 6.07) is 0.347. The molecule has 0 radical (unpaired) electrons. The monoisotopic (exact) mass is 285 g/mol. The number of allylic oxidation sites excluding steroid dienone is 3. The average Bonchev–Trinajstić information content (AvgIpc) is 2.46. The normalized spacial score (nSPS) is 48.8. The van der Waals surface area contributed by atoms with Crippen molar-refractivity contribution < 1.29 is 0 Å². The van der Waals surface area contributed by atoms with Crippen LogP contribution in [0.4, 0.5) is 0 Å². The van der Waals surface area contributed by atoms with Gasteiger partial charge in [-0.3, -0.25) is 0 Å². The Morgan fingerprint density at radius 2 is 1.67 bits per heavy atom. The van der Waals surface area contributed by atoms with Gasteiger partial charge in [0.25, 0.3) is 0 Å². The van der Waals surface area contributed by atoms with Crippen LogP contribution in [-0.4, -0.2) is 6.04 Å². The Bertz CT molecular complexity index is 425. The quantitative estimate of drug-likeness (QED) is 0.786. The fraction of sp³-hybridized carbons (Fsp3) is 0.800. The first-order valence-electron chi connectivity index (χ1n) is 9.27. The van der Waals surface area contributed by atoms with Gasteiger partial charge in [0.05, 0.1) is 0 Å². The molecule has 4 bridgehead atoms. The van der Waals surface area contributed by atoms with E-state index in [1.54, 1.807) is 0 Å². The molecule has 2 N–H and O–H groups in total. The van der Waals surface area contributed by atoms with Gasteiger partial charge >= 0.3 is 0 Å². The zero-order valence-electron chi connectivity index (χ0n) is 13.6. The van der Waals surface area contributed by atoms with Crippen molar-refractivity contribution in [2.24, 2.45) is 34.3 Å². The summed E-state index contributed by atoms with van der Waals surface area (Å²) in [5.41, 5.74) is 7.61. The van der Waals surface area contributed by atoms with E-state index < -0.39 is 0 Å². The van der Waals surface area contributed by atoms with Crippen LogP contribution < -0.4 is 5.73 Å².